The van der Waals surface area contributed by atoms with Gasteiger partial charge in [-0.25, -0.2) is 0 Å². The molecule has 4 fully saturated rings. The molecule has 4 aliphatic carbocycles. The Hall–Kier alpha value is -0.843. The number of hydrogen-bond acceptors (Lipinski definition) is 4. The Morgan fingerprint density at radius 2 is 1.82 bits per heavy atom. The molecular weight excluding hydrogens is 428 g/mol. The monoisotopic (exact) mass is 474 g/mol. The summed E-state index contributed by atoms with van der Waals surface area (Å²) < 4.78 is 17.1. The third kappa shape index (κ3) is 4.45. The Morgan fingerprint density at radius 1 is 1.12 bits per heavy atom. The van der Waals surface area contributed by atoms with Gasteiger partial charge in [0.15, 0.2) is 0 Å². The van der Waals surface area contributed by atoms with E-state index in [9.17, 15) is 14.1 Å². The predicted octanol–water partition coefficient (Wildman–Crippen LogP) is 6.47. The Kier molecular flexibility index (Phi) is 7.39. The number of Topliss-reactive ketones (excluding diaryl/α,β-unsaturated/α-hetero) is 1. The van der Waals surface area contributed by atoms with E-state index in [1.807, 2.05) is 6.92 Å². The molecule has 0 aromatic heterocycles. The second-order valence-electron chi connectivity index (χ2n) is 12.7. The molecule has 0 amide bonds. The highest BCUT2D eigenvalue weighted by molar-refractivity contribution is 6.42. The van der Waals surface area contributed by atoms with Crippen LogP contribution in [0.25, 0.3) is 0 Å². The van der Waals surface area contributed by atoms with Crippen LogP contribution in [0.3, 0.4) is 0 Å². The lowest BCUT2D eigenvalue weighted by atomic mass is 9.43. The Balaban J connectivity index is 1.49. The lowest BCUT2D eigenvalue weighted by Gasteiger charge is -2.60. The zero-order valence-corrected chi connectivity index (χ0v) is 22.7. The lowest BCUT2D eigenvalue weighted by molar-refractivity contribution is -0.158. The Bertz CT molecular complexity index is 780. The molecule has 4 nitrogen and oxygen atoms in total. The van der Waals surface area contributed by atoms with Gasteiger partial charge in [-0.05, 0) is 110 Å². The van der Waals surface area contributed by atoms with Crippen molar-refractivity contribution in [2.24, 2.45) is 52.3 Å². The molecular formula is C28H46O4Si. The van der Waals surface area contributed by atoms with E-state index in [2.05, 4.69) is 20.8 Å². The number of esters is 1. The van der Waals surface area contributed by atoms with Crippen LogP contribution in [0.5, 0.6) is 0 Å². The van der Waals surface area contributed by atoms with Gasteiger partial charge in [-0.2, -0.15) is 0 Å². The number of ketones is 1. The fourth-order valence-corrected chi connectivity index (χ4v) is 10.6. The van der Waals surface area contributed by atoms with Gasteiger partial charge < -0.3 is 9.20 Å². The van der Waals surface area contributed by atoms with E-state index in [0.717, 1.165) is 31.4 Å². The third-order valence-electron chi connectivity index (χ3n) is 11.3. The van der Waals surface area contributed by atoms with Crippen LogP contribution in [0, 0.1) is 52.3 Å². The average molecular weight is 475 g/mol. The van der Waals surface area contributed by atoms with Crippen molar-refractivity contribution in [1.29, 1.82) is 0 Å². The van der Waals surface area contributed by atoms with E-state index in [-0.39, 0.29) is 22.7 Å². The van der Waals surface area contributed by atoms with E-state index >= 15 is 0 Å². The molecule has 0 radical (unpaired) electrons. The van der Waals surface area contributed by atoms with Crippen LogP contribution >= 0.6 is 0 Å². The van der Waals surface area contributed by atoms with Crippen molar-refractivity contribution >= 4 is 20.4 Å². The normalized spacial score (nSPS) is 43.2. The molecule has 4 saturated carbocycles. The molecule has 9 atom stereocenters. The minimum atomic E-state index is -1.43. The van der Waals surface area contributed by atoms with E-state index in [4.69, 9.17) is 4.74 Å². The summed E-state index contributed by atoms with van der Waals surface area (Å²) in [4.78, 5) is 25.4. The van der Waals surface area contributed by atoms with E-state index in [1.165, 1.54) is 45.6 Å². The maximum Gasteiger partial charge on any atom is 0.305 e. The number of carbonyl (C=O) groups excluding carboxylic acids is 2. The van der Waals surface area contributed by atoms with Gasteiger partial charge in [-0.1, -0.05) is 27.7 Å². The van der Waals surface area contributed by atoms with Gasteiger partial charge in [-0.15, -0.1) is 0 Å². The quantitative estimate of drug-likeness (QED) is 0.313. The van der Waals surface area contributed by atoms with Gasteiger partial charge in [0.1, 0.15) is 5.78 Å². The molecule has 5 heteroatoms. The van der Waals surface area contributed by atoms with Crippen molar-refractivity contribution in [2.45, 2.75) is 104 Å². The van der Waals surface area contributed by atoms with Gasteiger partial charge in [0.2, 0.25) is 0 Å². The predicted molar refractivity (Wildman–Crippen MR) is 131 cm³/mol. The van der Waals surface area contributed by atoms with Crippen molar-refractivity contribution in [3.8, 4) is 0 Å². The number of carbonyl (C=O) groups is 2. The number of fused-ring (bicyclic) bond motifs is 5. The van der Waals surface area contributed by atoms with Crippen LogP contribution in [0.2, 0.25) is 12.1 Å². The summed E-state index contributed by atoms with van der Waals surface area (Å²) in [5.41, 5.74) is 0.515. The van der Waals surface area contributed by atoms with Crippen molar-refractivity contribution in [2.75, 3.05) is 7.11 Å². The molecule has 0 aliphatic heterocycles. The molecule has 4 aliphatic rings. The fraction of sp³-hybridized carbons (Fsp3) is 0.929. The summed E-state index contributed by atoms with van der Waals surface area (Å²) in [7, 11) is 0.0435. The molecule has 0 aromatic carbocycles. The summed E-state index contributed by atoms with van der Waals surface area (Å²) in [5, 5.41) is 0. The highest BCUT2D eigenvalue weighted by Gasteiger charge is 2.63. The molecule has 0 heterocycles. The maximum absolute atomic E-state index is 13.7. The maximum atomic E-state index is 13.7. The van der Waals surface area contributed by atoms with E-state index in [0.29, 0.717) is 47.7 Å². The number of ether oxygens (including phenoxy) is 1. The van der Waals surface area contributed by atoms with Gasteiger partial charge in [0.25, 0.3) is 8.68 Å². The minimum Gasteiger partial charge on any atom is -0.469 e. The van der Waals surface area contributed by atoms with Gasteiger partial charge in [-0.3, -0.25) is 9.59 Å². The smallest absolute Gasteiger partial charge is 0.305 e. The summed E-state index contributed by atoms with van der Waals surface area (Å²) in [6.07, 6.45) is 10.5. The standard InChI is InChI=1S/C28H46O4Si/c1-6-33(31)17-19-11-13-27(3)20(15-19)16-24(29)26-22-9-8-21(18(2)7-10-25(30)32-5)28(22,4)14-12-23(26)27/h18-23,26H,6-17H2,1-5H3/t18?,19?,20-,21+,22-,23-,26-,27-,28+/m0/s1. The fourth-order valence-electron chi connectivity index (χ4n) is 9.30. The average Bonchev–Trinajstić information content (AvgIpc) is 3.15. The van der Waals surface area contributed by atoms with Crippen LogP contribution in [-0.4, -0.2) is 27.5 Å². The van der Waals surface area contributed by atoms with Gasteiger partial charge in [0.05, 0.1) is 7.11 Å². The van der Waals surface area contributed by atoms with Crippen LogP contribution in [0.15, 0.2) is 0 Å². The van der Waals surface area contributed by atoms with E-state index in [1.54, 1.807) is 0 Å². The summed E-state index contributed by atoms with van der Waals surface area (Å²) in [6, 6.07) is 1.73. The molecule has 0 bridgehead atoms. The van der Waals surface area contributed by atoms with Crippen LogP contribution < -0.4 is 0 Å². The molecule has 186 valence electrons. The van der Waals surface area contributed by atoms with Gasteiger partial charge in [0, 0.05) is 18.8 Å². The Labute approximate surface area is 202 Å². The molecule has 0 N–H and O–H groups in total. The van der Waals surface area contributed by atoms with Crippen molar-refractivity contribution in [3.63, 3.8) is 0 Å². The largest absolute Gasteiger partial charge is 0.469 e. The lowest BCUT2D eigenvalue weighted by Crippen LogP contribution is -2.57. The minimum absolute atomic E-state index is 0.105. The molecule has 0 spiro atoms. The second kappa shape index (κ2) is 9.66. The zero-order chi connectivity index (χ0) is 24.0. The summed E-state index contributed by atoms with van der Waals surface area (Å²) >= 11 is 0. The number of rotatable bonds is 7. The topological polar surface area (TPSA) is 60.4 Å². The SMILES string of the molecule is CC[Si](=O)CC1CC[C@@]2(C)[C@H](CC(=O)[C@@H]3[C@@H]2CC[C@]2(C)[C@@H](C(C)CCC(=O)OC)CC[C@@H]32)C1. The number of methoxy groups -OCH3 is 1. The summed E-state index contributed by atoms with van der Waals surface area (Å²) in [6.45, 7) is 9.35. The highest BCUT2D eigenvalue weighted by Crippen LogP contribution is 2.68. The van der Waals surface area contributed by atoms with Crippen molar-refractivity contribution in [1.82, 2.24) is 0 Å². The summed E-state index contributed by atoms with van der Waals surface area (Å²) in [5.74, 6) is 3.90. The van der Waals surface area contributed by atoms with E-state index < -0.39 is 8.68 Å². The molecule has 0 saturated heterocycles. The first-order chi connectivity index (χ1) is 15.6. The van der Waals surface area contributed by atoms with Crippen molar-refractivity contribution < 1.29 is 18.8 Å². The third-order valence-corrected chi connectivity index (χ3v) is 13.1. The van der Waals surface area contributed by atoms with Crippen molar-refractivity contribution in [3.05, 3.63) is 0 Å². The first-order valence-electron chi connectivity index (χ1n) is 13.7. The van der Waals surface area contributed by atoms with Crippen LogP contribution in [0.1, 0.15) is 91.9 Å². The Morgan fingerprint density at radius 3 is 2.52 bits per heavy atom. The molecule has 4 rings (SSSR count). The van der Waals surface area contributed by atoms with Crippen LogP contribution in [0.4, 0.5) is 0 Å². The molecule has 33 heavy (non-hydrogen) atoms. The number of hydrogen-bond donors (Lipinski definition) is 0. The van der Waals surface area contributed by atoms with Crippen LogP contribution in [-0.2, 0) is 18.8 Å². The second-order valence-corrected chi connectivity index (χ2v) is 14.9. The zero-order valence-electron chi connectivity index (χ0n) is 21.7. The molecule has 0 aromatic rings. The first kappa shape index (κ1) is 25.3. The van der Waals surface area contributed by atoms with Gasteiger partial charge >= 0.3 is 5.97 Å². The first-order valence-corrected chi connectivity index (χ1v) is 15.6. The highest BCUT2D eigenvalue weighted by atomic mass is 28.3. The molecule has 2 unspecified atom stereocenters.